The van der Waals surface area contributed by atoms with Crippen molar-refractivity contribution in [2.24, 2.45) is 0 Å². The zero-order valence-corrected chi connectivity index (χ0v) is 31.6. The molecule has 0 spiro atoms. The van der Waals surface area contributed by atoms with Crippen LogP contribution in [0.2, 0.25) is 0 Å². The van der Waals surface area contributed by atoms with E-state index in [1.54, 1.807) is 0 Å². The van der Waals surface area contributed by atoms with Crippen molar-refractivity contribution in [3.63, 3.8) is 0 Å². The third-order valence-electron chi connectivity index (χ3n) is 13.0. The van der Waals surface area contributed by atoms with E-state index in [2.05, 4.69) is 194 Å². The van der Waals surface area contributed by atoms with Crippen LogP contribution in [0.4, 0.5) is 0 Å². The largest absolute Gasteiger partial charge is 0.313 e. The molecule has 0 bridgehead atoms. The molecular weight excluding hydrogens is 675 g/mol. The topological polar surface area (TPSA) is 4.93 Å². The van der Waals surface area contributed by atoms with Crippen LogP contribution in [0.5, 0.6) is 0 Å². The molecule has 1 heterocycles. The van der Waals surface area contributed by atoms with E-state index < -0.39 is 0 Å². The molecule has 1 heteroatoms. The lowest BCUT2D eigenvalue weighted by atomic mass is 9.79. The molecule has 2 aliphatic carbocycles. The maximum atomic E-state index is 2.53. The van der Waals surface area contributed by atoms with E-state index >= 15 is 0 Å². The smallest absolute Gasteiger partial charge is 0.0544 e. The number of aromatic nitrogens is 1. The van der Waals surface area contributed by atoms with Gasteiger partial charge in [0, 0.05) is 21.9 Å². The minimum absolute atomic E-state index is 0.112. The number of hydrogen-bond acceptors (Lipinski definition) is 0. The Morgan fingerprint density at radius 3 is 1.79 bits per heavy atom. The summed E-state index contributed by atoms with van der Waals surface area (Å²) in [6.07, 6.45) is 8.88. The van der Waals surface area contributed by atoms with E-state index in [4.69, 9.17) is 0 Å². The first-order chi connectivity index (χ1) is 27.6. The molecule has 0 saturated heterocycles. The second-order valence-electron chi connectivity index (χ2n) is 16.3. The van der Waals surface area contributed by atoms with Crippen LogP contribution in [0, 0.1) is 0 Å². The number of nitrogens with zero attached hydrogens (tertiary/aromatic N) is 1. The Morgan fingerprint density at radius 2 is 1.07 bits per heavy atom. The molecule has 12 rings (SSSR count). The molecule has 2 aliphatic rings. The first-order valence-electron chi connectivity index (χ1n) is 20.0. The van der Waals surface area contributed by atoms with Gasteiger partial charge in [-0.25, -0.2) is 0 Å². The molecule has 0 saturated carbocycles. The molecule has 0 aliphatic heterocycles. The van der Waals surface area contributed by atoms with E-state index in [0.717, 1.165) is 12.8 Å². The van der Waals surface area contributed by atoms with Crippen LogP contribution >= 0.6 is 0 Å². The second kappa shape index (κ2) is 11.7. The highest BCUT2D eigenvalue weighted by atomic mass is 15.0. The maximum Gasteiger partial charge on any atom is 0.0544 e. The van der Waals surface area contributed by atoms with E-state index in [0.29, 0.717) is 0 Å². The van der Waals surface area contributed by atoms with Crippen molar-refractivity contribution in [2.45, 2.75) is 32.1 Å². The van der Waals surface area contributed by atoms with Crippen molar-refractivity contribution < 1.29 is 0 Å². The highest BCUT2D eigenvalue weighted by molar-refractivity contribution is 6.27. The summed E-state index contributed by atoms with van der Waals surface area (Å²) in [4.78, 5) is 0. The minimum Gasteiger partial charge on any atom is -0.313 e. The Bertz CT molecular complexity index is 3330. The van der Waals surface area contributed by atoms with Crippen molar-refractivity contribution in [3.8, 4) is 33.4 Å². The molecule has 0 atom stereocenters. The molecule has 0 fully saturated rings. The lowest BCUT2D eigenvalue weighted by molar-refractivity contribution is 0.661. The Hall–Kier alpha value is -6.70. The van der Waals surface area contributed by atoms with Gasteiger partial charge in [-0.15, -0.1) is 0 Å². The predicted octanol–water partition coefficient (Wildman–Crippen LogP) is 15.2. The average Bonchev–Trinajstić information content (AvgIpc) is 3.71. The van der Waals surface area contributed by atoms with Crippen LogP contribution in [-0.2, 0) is 5.41 Å². The molecule has 0 amide bonds. The van der Waals surface area contributed by atoms with Gasteiger partial charge in [0.15, 0.2) is 0 Å². The number of rotatable bonds is 3. The van der Waals surface area contributed by atoms with Crippen LogP contribution in [0.25, 0.3) is 104 Å². The van der Waals surface area contributed by atoms with Crippen LogP contribution in [-0.4, -0.2) is 4.57 Å². The van der Waals surface area contributed by atoms with Gasteiger partial charge in [0.05, 0.1) is 11.0 Å². The highest BCUT2D eigenvalue weighted by Crippen LogP contribution is 2.55. The predicted molar refractivity (Wildman–Crippen MR) is 241 cm³/mol. The van der Waals surface area contributed by atoms with Crippen molar-refractivity contribution >= 4 is 70.6 Å². The Labute approximate surface area is 326 Å². The van der Waals surface area contributed by atoms with Gasteiger partial charge in [-0.3, -0.25) is 0 Å². The molecular formula is C55H39N. The molecule has 0 unspecified atom stereocenters. The Morgan fingerprint density at radius 1 is 0.464 bits per heavy atom. The normalized spacial score (nSPS) is 14.6. The van der Waals surface area contributed by atoms with Crippen LogP contribution in [0.3, 0.4) is 0 Å². The summed E-state index contributed by atoms with van der Waals surface area (Å²) < 4.78 is 2.52. The molecule has 1 aromatic heterocycles. The SMILES string of the molecule is CC1(C)c2ccccc2-c2c1cc(-c1c3ccccc3c(-c3ccc4c(c3)c3c5ccccc5ccc3n4C3=CC=CCC3)c3ccccc13)c1ccccc21. The van der Waals surface area contributed by atoms with E-state index in [9.17, 15) is 0 Å². The summed E-state index contributed by atoms with van der Waals surface area (Å²) in [7, 11) is 0. The summed E-state index contributed by atoms with van der Waals surface area (Å²) >= 11 is 0. The fourth-order valence-electron chi connectivity index (χ4n) is 10.5. The fourth-order valence-corrected chi connectivity index (χ4v) is 10.5. The summed E-state index contributed by atoms with van der Waals surface area (Å²) in [6, 6.07) is 59.6. The summed E-state index contributed by atoms with van der Waals surface area (Å²) in [6.45, 7) is 4.79. The third-order valence-corrected chi connectivity index (χ3v) is 13.0. The number of benzene rings is 9. The fraction of sp³-hybridized carbons (Fsp3) is 0.0909. The number of fused-ring (bicyclic) bond motifs is 12. The molecule has 0 N–H and O–H groups in total. The maximum absolute atomic E-state index is 2.53. The van der Waals surface area contributed by atoms with Crippen molar-refractivity contribution in [1.29, 1.82) is 0 Å². The van der Waals surface area contributed by atoms with Crippen LogP contribution < -0.4 is 0 Å². The molecule has 10 aromatic rings. The quantitative estimate of drug-likeness (QED) is 0.161. The number of hydrogen-bond donors (Lipinski definition) is 0. The highest BCUT2D eigenvalue weighted by Gasteiger charge is 2.37. The van der Waals surface area contributed by atoms with Gasteiger partial charge in [0.2, 0.25) is 0 Å². The van der Waals surface area contributed by atoms with Gasteiger partial charge < -0.3 is 4.57 Å². The van der Waals surface area contributed by atoms with E-state index in [1.165, 1.54) is 115 Å². The van der Waals surface area contributed by atoms with Crippen LogP contribution in [0.15, 0.2) is 176 Å². The van der Waals surface area contributed by atoms with Gasteiger partial charge >= 0.3 is 0 Å². The van der Waals surface area contributed by atoms with Crippen molar-refractivity contribution in [2.75, 3.05) is 0 Å². The van der Waals surface area contributed by atoms with Crippen LogP contribution in [0.1, 0.15) is 37.8 Å². The molecule has 264 valence electrons. The zero-order valence-electron chi connectivity index (χ0n) is 31.6. The van der Waals surface area contributed by atoms with Crippen molar-refractivity contribution in [1.82, 2.24) is 4.57 Å². The van der Waals surface area contributed by atoms with E-state index in [1.807, 2.05) is 0 Å². The Kier molecular flexibility index (Phi) is 6.58. The third kappa shape index (κ3) is 4.26. The first kappa shape index (κ1) is 31.6. The monoisotopic (exact) mass is 713 g/mol. The number of allylic oxidation sites excluding steroid dienone is 4. The lowest BCUT2D eigenvalue weighted by Gasteiger charge is -2.24. The summed E-state index contributed by atoms with van der Waals surface area (Å²) in [5, 5.41) is 13.0. The zero-order chi connectivity index (χ0) is 37.1. The molecule has 56 heavy (non-hydrogen) atoms. The summed E-state index contributed by atoms with van der Waals surface area (Å²) in [5.74, 6) is 0. The van der Waals surface area contributed by atoms with Gasteiger partial charge in [-0.1, -0.05) is 159 Å². The standard InChI is InChI=1S/C55H39N/c1-55(2)47-27-15-14-26-44(47)53-39-21-9-8-20-38(39)45(33-48(53)55)52-42-24-12-10-22-40(42)51(41-23-11-13-25-43(41)52)35-29-30-49-46(32-35)54-37-19-7-6-16-34(37)28-31-50(54)56(49)36-17-4-3-5-18-36/h3-4,6-17,19-33H,5,18H2,1-2H3. The molecule has 1 nitrogen and oxygen atoms in total. The second-order valence-corrected chi connectivity index (χ2v) is 16.3. The lowest BCUT2D eigenvalue weighted by Crippen LogP contribution is -2.15. The van der Waals surface area contributed by atoms with Gasteiger partial charge in [-0.2, -0.15) is 0 Å². The van der Waals surface area contributed by atoms with E-state index in [-0.39, 0.29) is 5.41 Å². The molecule has 9 aromatic carbocycles. The average molecular weight is 714 g/mol. The van der Waals surface area contributed by atoms with Gasteiger partial charge in [0.25, 0.3) is 0 Å². The summed E-state index contributed by atoms with van der Waals surface area (Å²) in [5.41, 5.74) is 14.5. The Balaban J connectivity index is 1.18. The van der Waals surface area contributed by atoms with Crippen molar-refractivity contribution in [3.05, 3.63) is 187 Å². The van der Waals surface area contributed by atoms with Gasteiger partial charge in [0.1, 0.15) is 0 Å². The minimum atomic E-state index is -0.112. The first-order valence-corrected chi connectivity index (χ1v) is 20.0. The van der Waals surface area contributed by atoms with Gasteiger partial charge in [-0.05, 0) is 131 Å². The molecule has 0 radical (unpaired) electrons.